The fourth-order valence-electron chi connectivity index (χ4n) is 2.74. The van der Waals surface area contributed by atoms with Crippen molar-refractivity contribution in [3.63, 3.8) is 0 Å². The summed E-state index contributed by atoms with van der Waals surface area (Å²) in [6.07, 6.45) is 1.58. The number of hydrogen-bond donors (Lipinski definition) is 4. The van der Waals surface area contributed by atoms with Crippen LogP contribution in [0, 0.1) is 5.41 Å². The summed E-state index contributed by atoms with van der Waals surface area (Å²) in [5.41, 5.74) is 0.937. The van der Waals surface area contributed by atoms with Crippen molar-refractivity contribution in [2.24, 2.45) is 5.41 Å². The number of amides is 4. The molecule has 9 heteroatoms. The zero-order chi connectivity index (χ0) is 26.9. The predicted molar refractivity (Wildman–Crippen MR) is 138 cm³/mol. The van der Waals surface area contributed by atoms with E-state index in [1.807, 2.05) is 30.3 Å². The normalized spacial score (nSPS) is 12.2. The second-order valence-electron chi connectivity index (χ2n) is 9.42. The Bertz CT molecular complexity index is 778. The molecule has 1 rings (SSSR count). The van der Waals surface area contributed by atoms with Gasteiger partial charge in [-0.2, -0.15) is 0 Å². The molecule has 0 radical (unpaired) electrons. The Labute approximate surface area is 210 Å². The van der Waals surface area contributed by atoms with E-state index in [9.17, 15) is 19.2 Å². The largest absolute Gasteiger partial charge is 0.450 e. The van der Waals surface area contributed by atoms with Gasteiger partial charge in [0.2, 0.25) is 17.7 Å². The van der Waals surface area contributed by atoms with E-state index in [0.717, 1.165) is 12.0 Å². The second-order valence-corrected chi connectivity index (χ2v) is 9.42. The number of benzene rings is 1. The van der Waals surface area contributed by atoms with Crippen molar-refractivity contribution in [2.45, 2.75) is 79.8 Å². The van der Waals surface area contributed by atoms with Gasteiger partial charge in [-0.15, -0.1) is 0 Å². The van der Waals surface area contributed by atoms with Gasteiger partial charge in [0.25, 0.3) is 0 Å². The molecule has 0 saturated heterocycles. The highest BCUT2D eigenvalue weighted by Crippen LogP contribution is 2.16. The number of rotatable bonds is 11. The van der Waals surface area contributed by atoms with Crippen LogP contribution in [0.15, 0.2) is 30.3 Å². The van der Waals surface area contributed by atoms with E-state index in [2.05, 4.69) is 55.9 Å². The van der Waals surface area contributed by atoms with Gasteiger partial charge < -0.3 is 26.0 Å². The Morgan fingerprint density at radius 2 is 1.51 bits per heavy atom. The first-order chi connectivity index (χ1) is 16.4. The Kier molecular flexibility index (Phi) is 15.8. The third-order valence-electron chi connectivity index (χ3n) is 4.53. The van der Waals surface area contributed by atoms with E-state index in [0.29, 0.717) is 6.54 Å². The van der Waals surface area contributed by atoms with Crippen molar-refractivity contribution >= 4 is 23.8 Å². The van der Waals surface area contributed by atoms with E-state index in [4.69, 9.17) is 4.74 Å². The lowest BCUT2D eigenvalue weighted by atomic mass is 9.92. The molecule has 1 aromatic carbocycles. The molecule has 0 aliphatic heterocycles. The summed E-state index contributed by atoms with van der Waals surface area (Å²) in [5.74, 6) is -1.33. The van der Waals surface area contributed by atoms with E-state index < -0.39 is 30.0 Å². The van der Waals surface area contributed by atoms with Crippen LogP contribution in [-0.2, 0) is 25.5 Å². The third-order valence-corrected chi connectivity index (χ3v) is 4.53. The summed E-state index contributed by atoms with van der Waals surface area (Å²) < 4.78 is 4.86. The Balaban J connectivity index is 0.00000365. The maximum absolute atomic E-state index is 12.6. The van der Waals surface area contributed by atoms with Crippen molar-refractivity contribution in [1.82, 2.24) is 21.3 Å². The van der Waals surface area contributed by atoms with Gasteiger partial charge in [-0.05, 0) is 31.2 Å². The van der Waals surface area contributed by atoms with E-state index in [-0.39, 0.29) is 30.9 Å². The predicted octanol–water partition coefficient (Wildman–Crippen LogP) is 2.93. The molecule has 0 bridgehead atoms. The van der Waals surface area contributed by atoms with Crippen LogP contribution in [0.1, 0.15) is 66.9 Å². The van der Waals surface area contributed by atoms with E-state index >= 15 is 0 Å². The molecule has 0 fully saturated rings. The Morgan fingerprint density at radius 3 is 2.06 bits per heavy atom. The zero-order valence-corrected chi connectivity index (χ0v) is 22.3. The maximum atomic E-state index is 12.6. The van der Waals surface area contributed by atoms with Gasteiger partial charge in [0, 0.05) is 13.0 Å². The number of carbonyl (C=O) groups excluding carboxylic acids is 4. The van der Waals surface area contributed by atoms with Crippen molar-refractivity contribution < 1.29 is 23.9 Å². The standard InChI is InChI=1S/C23H36N4O5.C3H8/c1-6-32-22(31)27-18(14-17-10-8-7-9-11-17)21(30)25-15-19(28)26-16(2)20(29)24-13-12-23(3,4)5;1-3-2/h7-11,16,18H,6,12-15H2,1-5H3,(H,24,29)(H,25,30)(H,26,28)(H,27,31);3H2,1-2H3/t16-,18-;/m0./s1. The van der Waals surface area contributed by atoms with Gasteiger partial charge in [0.15, 0.2) is 0 Å². The molecule has 0 heterocycles. The van der Waals surface area contributed by atoms with Crippen molar-refractivity contribution in [1.29, 1.82) is 0 Å². The summed E-state index contributed by atoms with van der Waals surface area (Å²) in [6, 6.07) is 7.52. The highest BCUT2D eigenvalue weighted by atomic mass is 16.5. The molecule has 198 valence electrons. The topological polar surface area (TPSA) is 126 Å². The van der Waals surface area contributed by atoms with Crippen LogP contribution in [0.2, 0.25) is 0 Å². The lowest BCUT2D eigenvalue weighted by Crippen LogP contribution is -2.52. The average Bonchev–Trinajstić information content (AvgIpc) is 2.77. The SMILES string of the molecule is CCC.CCOC(=O)N[C@@H](Cc1ccccc1)C(=O)NCC(=O)N[C@@H](C)C(=O)NCCC(C)(C)C. The van der Waals surface area contributed by atoms with Crippen LogP contribution in [0.25, 0.3) is 0 Å². The quantitative estimate of drug-likeness (QED) is 0.378. The molecule has 0 saturated carbocycles. The van der Waals surface area contributed by atoms with Gasteiger partial charge in [-0.25, -0.2) is 4.79 Å². The molecule has 0 aliphatic rings. The van der Waals surface area contributed by atoms with Crippen molar-refractivity contribution in [2.75, 3.05) is 19.7 Å². The molecule has 4 N–H and O–H groups in total. The van der Waals surface area contributed by atoms with Gasteiger partial charge in [0.05, 0.1) is 13.2 Å². The lowest BCUT2D eigenvalue weighted by Gasteiger charge is -2.20. The fraction of sp³-hybridized carbons (Fsp3) is 0.615. The number of nitrogens with one attached hydrogen (secondary N) is 4. The molecule has 0 aliphatic carbocycles. The van der Waals surface area contributed by atoms with Crippen molar-refractivity contribution in [3.8, 4) is 0 Å². The summed E-state index contributed by atoms with van der Waals surface area (Å²) in [6.45, 7) is 14.1. The summed E-state index contributed by atoms with van der Waals surface area (Å²) in [5, 5.41) is 10.4. The molecular formula is C26H44N4O5. The first kappa shape index (κ1) is 31.9. The van der Waals surface area contributed by atoms with Gasteiger partial charge in [-0.1, -0.05) is 71.4 Å². The molecule has 1 aromatic rings. The monoisotopic (exact) mass is 492 g/mol. The minimum absolute atomic E-state index is 0.0952. The molecule has 0 unspecified atom stereocenters. The number of carbonyl (C=O) groups is 4. The first-order valence-corrected chi connectivity index (χ1v) is 12.2. The molecule has 2 atom stereocenters. The minimum atomic E-state index is -0.914. The third kappa shape index (κ3) is 16.2. The van der Waals surface area contributed by atoms with Gasteiger partial charge in [-0.3, -0.25) is 14.4 Å². The Morgan fingerprint density at radius 1 is 0.914 bits per heavy atom. The van der Waals surface area contributed by atoms with Crippen LogP contribution >= 0.6 is 0 Å². The summed E-state index contributed by atoms with van der Waals surface area (Å²) in [7, 11) is 0. The maximum Gasteiger partial charge on any atom is 0.407 e. The second kappa shape index (κ2) is 17.4. The molecule has 9 nitrogen and oxygen atoms in total. The molecule has 0 spiro atoms. The molecule has 4 amide bonds. The summed E-state index contributed by atoms with van der Waals surface area (Å²) >= 11 is 0. The number of hydrogen-bond acceptors (Lipinski definition) is 5. The smallest absolute Gasteiger partial charge is 0.407 e. The zero-order valence-electron chi connectivity index (χ0n) is 22.3. The minimum Gasteiger partial charge on any atom is -0.450 e. The summed E-state index contributed by atoms with van der Waals surface area (Å²) in [4.78, 5) is 48.7. The number of alkyl carbamates (subject to hydrolysis) is 1. The van der Waals surface area contributed by atoms with Crippen LogP contribution in [-0.4, -0.2) is 55.6 Å². The first-order valence-electron chi connectivity index (χ1n) is 12.2. The van der Waals surface area contributed by atoms with Crippen LogP contribution in [0.4, 0.5) is 4.79 Å². The molecule has 35 heavy (non-hydrogen) atoms. The highest BCUT2D eigenvalue weighted by molar-refractivity contribution is 5.91. The van der Waals surface area contributed by atoms with E-state index in [1.165, 1.54) is 6.42 Å². The number of ether oxygens (including phenoxy) is 1. The Hall–Kier alpha value is -3.10. The van der Waals surface area contributed by atoms with Crippen LogP contribution in [0.5, 0.6) is 0 Å². The van der Waals surface area contributed by atoms with Gasteiger partial charge >= 0.3 is 6.09 Å². The fourth-order valence-corrected chi connectivity index (χ4v) is 2.74. The average molecular weight is 493 g/mol. The highest BCUT2D eigenvalue weighted by Gasteiger charge is 2.23. The van der Waals surface area contributed by atoms with Crippen LogP contribution in [0.3, 0.4) is 0 Å². The van der Waals surface area contributed by atoms with Crippen molar-refractivity contribution in [3.05, 3.63) is 35.9 Å². The van der Waals surface area contributed by atoms with E-state index in [1.54, 1.807) is 13.8 Å². The van der Waals surface area contributed by atoms with Gasteiger partial charge in [0.1, 0.15) is 12.1 Å². The molecular weight excluding hydrogens is 448 g/mol. The lowest BCUT2D eigenvalue weighted by molar-refractivity contribution is -0.129. The van der Waals surface area contributed by atoms with Crippen LogP contribution < -0.4 is 21.3 Å². The molecule has 0 aromatic heterocycles.